The molecule has 106 valence electrons. The molecule has 0 N–H and O–H groups in total. The van der Waals surface area contributed by atoms with Crippen LogP contribution in [0.1, 0.15) is 25.5 Å². The Morgan fingerprint density at radius 2 is 2.05 bits per heavy atom. The number of nitro groups is 1. The van der Waals surface area contributed by atoms with Crippen LogP contribution in [0.15, 0.2) is 24.3 Å². The van der Waals surface area contributed by atoms with Gasteiger partial charge in [0.05, 0.1) is 12.0 Å². The number of ether oxygens (including phenoxy) is 1. The zero-order valence-electron chi connectivity index (χ0n) is 11.3. The molecule has 0 aliphatic carbocycles. The minimum absolute atomic E-state index is 0.0248. The van der Waals surface area contributed by atoms with Crippen molar-refractivity contribution < 1.29 is 9.66 Å². The van der Waals surface area contributed by atoms with E-state index < -0.39 is 4.92 Å². The molecule has 2 rings (SSSR count). The first-order chi connectivity index (χ1) is 9.47. The van der Waals surface area contributed by atoms with Gasteiger partial charge in [-0.1, -0.05) is 37.6 Å². The SMILES string of the molecule is COc1ccccc1-n1nc(C(C)C)c([N+](=O)[O-])c1Cl. The van der Waals surface area contributed by atoms with Crippen LogP contribution in [-0.4, -0.2) is 21.8 Å². The first kappa shape index (κ1) is 14.3. The normalized spacial score (nSPS) is 10.8. The lowest BCUT2D eigenvalue weighted by molar-refractivity contribution is -0.385. The highest BCUT2D eigenvalue weighted by atomic mass is 35.5. The highest BCUT2D eigenvalue weighted by molar-refractivity contribution is 6.32. The molecule has 20 heavy (non-hydrogen) atoms. The summed E-state index contributed by atoms with van der Waals surface area (Å²) < 4.78 is 6.58. The number of aromatic nitrogens is 2. The van der Waals surface area contributed by atoms with Crippen LogP contribution in [-0.2, 0) is 0 Å². The van der Waals surface area contributed by atoms with Gasteiger partial charge in [0, 0.05) is 5.92 Å². The molecule has 0 aliphatic heterocycles. The molecule has 6 nitrogen and oxygen atoms in total. The Bertz CT molecular complexity index is 652. The highest BCUT2D eigenvalue weighted by Crippen LogP contribution is 2.36. The summed E-state index contributed by atoms with van der Waals surface area (Å²) >= 11 is 6.14. The van der Waals surface area contributed by atoms with Crippen molar-refractivity contribution in [3.8, 4) is 11.4 Å². The van der Waals surface area contributed by atoms with Crippen molar-refractivity contribution in [2.45, 2.75) is 19.8 Å². The van der Waals surface area contributed by atoms with Crippen molar-refractivity contribution in [2.75, 3.05) is 7.11 Å². The molecule has 0 atom stereocenters. The zero-order chi connectivity index (χ0) is 14.9. The average Bonchev–Trinajstić information content (AvgIpc) is 2.76. The fourth-order valence-electron chi connectivity index (χ4n) is 1.93. The minimum Gasteiger partial charge on any atom is -0.494 e. The number of halogens is 1. The van der Waals surface area contributed by atoms with Crippen molar-refractivity contribution >= 4 is 17.3 Å². The summed E-state index contributed by atoms with van der Waals surface area (Å²) in [6.07, 6.45) is 0. The van der Waals surface area contributed by atoms with Gasteiger partial charge in [0.25, 0.3) is 0 Å². The molecule has 0 radical (unpaired) electrons. The minimum atomic E-state index is -0.503. The van der Waals surface area contributed by atoms with Gasteiger partial charge in [0.2, 0.25) is 5.15 Å². The molecular weight excluding hydrogens is 282 g/mol. The number of para-hydroxylation sites is 2. The monoisotopic (exact) mass is 295 g/mol. The molecule has 0 amide bonds. The summed E-state index contributed by atoms with van der Waals surface area (Å²) in [5, 5.41) is 15.4. The number of hydrogen-bond acceptors (Lipinski definition) is 4. The van der Waals surface area contributed by atoms with Gasteiger partial charge in [-0.25, -0.2) is 4.68 Å². The third kappa shape index (κ3) is 2.34. The Hall–Kier alpha value is -2.08. The predicted octanol–water partition coefficient (Wildman–Crippen LogP) is 3.57. The first-order valence-corrected chi connectivity index (χ1v) is 6.41. The topological polar surface area (TPSA) is 70.2 Å². The molecule has 0 unspecified atom stereocenters. The van der Waals surface area contributed by atoms with Gasteiger partial charge in [-0.05, 0) is 12.1 Å². The predicted molar refractivity (Wildman–Crippen MR) is 75.9 cm³/mol. The summed E-state index contributed by atoms with van der Waals surface area (Å²) in [6, 6.07) is 7.08. The fourth-order valence-corrected chi connectivity index (χ4v) is 2.22. The quantitative estimate of drug-likeness (QED) is 0.638. The van der Waals surface area contributed by atoms with Crippen LogP contribution in [0.4, 0.5) is 5.69 Å². The van der Waals surface area contributed by atoms with Crippen LogP contribution in [0, 0.1) is 10.1 Å². The lowest BCUT2D eigenvalue weighted by Gasteiger charge is -2.08. The second-order valence-corrected chi connectivity index (χ2v) is 4.88. The Kier molecular flexibility index (Phi) is 3.94. The van der Waals surface area contributed by atoms with Crippen molar-refractivity contribution in [1.29, 1.82) is 0 Å². The molecule has 1 heterocycles. The number of nitrogens with zero attached hydrogens (tertiary/aromatic N) is 3. The Morgan fingerprint density at radius 3 is 2.55 bits per heavy atom. The van der Waals surface area contributed by atoms with Gasteiger partial charge in [0.1, 0.15) is 17.1 Å². The Labute approximate surface area is 121 Å². The van der Waals surface area contributed by atoms with Gasteiger partial charge in [-0.2, -0.15) is 5.10 Å². The maximum atomic E-state index is 11.2. The smallest absolute Gasteiger partial charge is 0.329 e. The van der Waals surface area contributed by atoms with E-state index in [1.807, 2.05) is 13.8 Å². The molecule has 2 aromatic rings. The van der Waals surface area contributed by atoms with Crippen LogP contribution in [0.5, 0.6) is 5.75 Å². The van der Waals surface area contributed by atoms with Crippen LogP contribution in [0.25, 0.3) is 5.69 Å². The number of benzene rings is 1. The van der Waals surface area contributed by atoms with E-state index in [2.05, 4.69) is 5.10 Å². The van der Waals surface area contributed by atoms with E-state index in [-0.39, 0.29) is 16.8 Å². The zero-order valence-corrected chi connectivity index (χ0v) is 12.1. The van der Waals surface area contributed by atoms with Gasteiger partial charge < -0.3 is 4.74 Å². The van der Waals surface area contributed by atoms with Gasteiger partial charge in [-0.15, -0.1) is 0 Å². The van der Waals surface area contributed by atoms with Gasteiger partial charge in [-0.3, -0.25) is 10.1 Å². The van der Waals surface area contributed by atoms with Crippen LogP contribution in [0.2, 0.25) is 5.15 Å². The standard InChI is InChI=1S/C13H14ClN3O3/c1-8(2)11-12(17(18)19)13(14)16(15-11)9-6-4-5-7-10(9)20-3/h4-8H,1-3H3. The lowest BCUT2D eigenvalue weighted by Crippen LogP contribution is -2.01. The molecule has 7 heteroatoms. The summed E-state index contributed by atoms with van der Waals surface area (Å²) in [4.78, 5) is 10.7. The van der Waals surface area contributed by atoms with Crippen molar-refractivity contribution in [3.63, 3.8) is 0 Å². The molecule has 0 aliphatic rings. The van der Waals surface area contributed by atoms with Crippen molar-refractivity contribution in [1.82, 2.24) is 9.78 Å². The number of hydrogen-bond donors (Lipinski definition) is 0. The molecule has 1 aromatic carbocycles. The number of rotatable bonds is 4. The largest absolute Gasteiger partial charge is 0.494 e. The highest BCUT2D eigenvalue weighted by Gasteiger charge is 2.29. The van der Waals surface area contributed by atoms with Gasteiger partial charge >= 0.3 is 5.69 Å². The molecule has 0 saturated heterocycles. The van der Waals surface area contributed by atoms with E-state index in [0.29, 0.717) is 17.1 Å². The third-order valence-electron chi connectivity index (χ3n) is 2.87. The molecule has 1 aromatic heterocycles. The summed E-state index contributed by atoms with van der Waals surface area (Å²) in [5.74, 6) is 0.436. The van der Waals surface area contributed by atoms with Crippen LogP contribution < -0.4 is 4.74 Å². The van der Waals surface area contributed by atoms with E-state index in [0.717, 1.165) is 0 Å². The van der Waals surface area contributed by atoms with E-state index >= 15 is 0 Å². The third-order valence-corrected chi connectivity index (χ3v) is 3.21. The van der Waals surface area contributed by atoms with E-state index in [1.54, 1.807) is 24.3 Å². The maximum absolute atomic E-state index is 11.2. The maximum Gasteiger partial charge on any atom is 0.329 e. The van der Waals surface area contributed by atoms with E-state index in [9.17, 15) is 10.1 Å². The molecule has 0 saturated carbocycles. The molecule has 0 fully saturated rings. The van der Waals surface area contributed by atoms with E-state index in [1.165, 1.54) is 11.8 Å². The summed E-state index contributed by atoms with van der Waals surface area (Å²) in [5.41, 5.74) is 0.758. The first-order valence-electron chi connectivity index (χ1n) is 6.03. The fraction of sp³-hybridized carbons (Fsp3) is 0.308. The second kappa shape index (κ2) is 5.50. The van der Waals surface area contributed by atoms with Crippen molar-refractivity contribution in [2.24, 2.45) is 0 Å². The van der Waals surface area contributed by atoms with Gasteiger partial charge in [0.15, 0.2) is 0 Å². The molecular formula is C13H14ClN3O3. The Morgan fingerprint density at radius 1 is 1.40 bits per heavy atom. The van der Waals surface area contributed by atoms with Crippen LogP contribution in [0.3, 0.4) is 0 Å². The molecule has 0 spiro atoms. The second-order valence-electron chi connectivity index (χ2n) is 4.52. The van der Waals surface area contributed by atoms with E-state index in [4.69, 9.17) is 16.3 Å². The summed E-state index contributed by atoms with van der Waals surface area (Å²) in [7, 11) is 1.52. The lowest BCUT2D eigenvalue weighted by atomic mass is 10.1. The number of methoxy groups -OCH3 is 1. The average molecular weight is 296 g/mol. The van der Waals surface area contributed by atoms with Crippen LogP contribution >= 0.6 is 11.6 Å². The Balaban J connectivity index is 2.70. The summed E-state index contributed by atoms with van der Waals surface area (Å²) in [6.45, 7) is 3.66. The van der Waals surface area contributed by atoms with Crippen molar-refractivity contribution in [3.05, 3.63) is 45.2 Å². The molecule has 0 bridgehead atoms.